The van der Waals surface area contributed by atoms with E-state index in [1.54, 1.807) is 0 Å². The number of Topliss-reactive ketones (excluding diaryl/α,β-unsaturated/α-hetero) is 1. The molecule has 1 saturated carbocycles. The number of hydrogen-bond acceptors (Lipinski definition) is 2. The second kappa shape index (κ2) is 6.00. The Morgan fingerprint density at radius 1 is 1.47 bits per heavy atom. The van der Waals surface area contributed by atoms with E-state index in [1.165, 1.54) is 6.42 Å². The number of carbonyl (C=O) groups excluding carboxylic acids is 1. The summed E-state index contributed by atoms with van der Waals surface area (Å²) in [6.07, 6.45) is 5.13. The molecule has 0 aliphatic heterocycles. The highest BCUT2D eigenvalue weighted by atomic mass is 16.1. The average molecular weight is 258 g/mol. The second-order valence-electron chi connectivity index (χ2n) is 5.31. The normalized spacial score (nSPS) is 15.5. The summed E-state index contributed by atoms with van der Waals surface area (Å²) in [5.41, 5.74) is 2.83. The number of hydrogen-bond donors (Lipinski definition) is 0. The summed E-state index contributed by atoms with van der Waals surface area (Å²) in [5.74, 6) is 0.565. The third-order valence-electron chi connectivity index (χ3n) is 3.85. The molecule has 1 aromatic carbocycles. The molecule has 19 heavy (non-hydrogen) atoms. The maximum Gasteiger partial charge on any atom is 0.165 e. The topological polar surface area (TPSA) is 32.7 Å². The average Bonchev–Trinajstić information content (AvgIpc) is 2.34. The van der Waals surface area contributed by atoms with E-state index < -0.39 is 0 Å². The minimum absolute atomic E-state index is 0.264. The predicted molar refractivity (Wildman–Crippen MR) is 79.3 cm³/mol. The zero-order valence-electron chi connectivity index (χ0n) is 12.0. The second-order valence-corrected chi connectivity index (χ2v) is 5.31. The van der Waals surface area contributed by atoms with Gasteiger partial charge in [0.05, 0.1) is 12.0 Å². The minimum Gasteiger partial charge on any atom is -0.366 e. The lowest BCUT2D eigenvalue weighted by Gasteiger charge is -2.23. The van der Waals surface area contributed by atoms with E-state index >= 15 is 0 Å². The molecule has 2 rings (SSSR count). The third kappa shape index (κ3) is 3.22. The summed E-state index contributed by atoms with van der Waals surface area (Å²) in [6, 6.07) is 5.83. The van der Waals surface area contributed by atoms with E-state index in [0.29, 0.717) is 5.78 Å². The van der Waals surface area contributed by atoms with Crippen LogP contribution in [0.5, 0.6) is 0 Å². The summed E-state index contributed by atoms with van der Waals surface area (Å²) >= 11 is 0. The molecular weight excluding hydrogens is 236 g/mol. The van der Waals surface area contributed by atoms with Crippen molar-refractivity contribution in [3.63, 3.8) is 0 Å². The van der Waals surface area contributed by atoms with Crippen molar-refractivity contribution in [2.24, 2.45) is 10.9 Å². The first-order chi connectivity index (χ1) is 9.11. The Morgan fingerprint density at radius 2 is 2.21 bits per heavy atom. The third-order valence-corrected chi connectivity index (χ3v) is 3.85. The van der Waals surface area contributed by atoms with Gasteiger partial charge in [-0.15, -0.1) is 0 Å². The van der Waals surface area contributed by atoms with Gasteiger partial charge in [0.15, 0.2) is 5.78 Å². The molecular formula is C16H22N2O. The van der Waals surface area contributed by atoms with Crippen LogP contribution in [0.15, 0.2) is 23.2 Å². The van der Waals surface area contributed by atoms with Crippen molar-refractivity contribution < 1.29 is 4.79 Å². The zero-order chi connectivity index (χ0) is 13.8. The largest absolute Gasteiger partial charge is 0.366 e. The predicted octanol–water partition coefficient (Wildman–Crippen LogP) is 3.59. The number of nitrogens with zero attached hydrogens (tertiary/aromatic N) is 2. The van der Waals surface area contributed by atoms with Crippen LogP contribution in [-0.4, -0.2) is 30.6 Å². The monoisotopic (exact) mass is 258 g/mol. The summed E-state index contributed by atoms with van der Waals surface area (Å²) in [7, 11) is 1.99. The molecule has 0 saturated heterocycles. The Morgan fingerprint density at radius 3 is 2.74 bits per heavy atom. The lowest BCUT2D eigenvalue weighted by atomic mass is 9.80. The summed E-state index contributed by atoms with van der Waals surface area (Å²) in [4.78, 5) is 18.6. The van der Waals surface area contributed by atoms with Crippen LogP contribution < -0.4 is 0 Å². The van der Waals surface area contributed by atoms with E-state index in [-0.39, 0.29) is 5.92 Å². The zero-order valence-corrected chi connectivity index (χ0v) is 12.0. The molecule has 0 bridgehead atoms. The molecule has 0 spiro atoms. The van der Waals surface area contributed by atoms with Gasteiger partial charge in [-0.25, -0.2) is 4.99 Å². The van der Waals surface area contributed by atoms with Crippen molar-refractivity contribution in [3.05, 3.63) is 29.3 Å². The first kappa shape index (κ1) is 13.8. The maximum atomic E-state index is 12.2. The van der Waals surface area contributed by atoms with Crippen molar-refractivity contribution in [2.75, 3.05) is 13.6 Å². The van der Waals surface area contributed by atoms with Gasteiger partial charge in [0.25, 0.3) is 0 Å². The molecule has 0 amide bonds. The number of benzene rings is 1. The number of aryl methyl sites for hydroxylation is 1. The Balaban J connectivity index is 2.12. The molecule has 3 heteroatoms. The quantitative estimate of drug-likeness (QED) is 0.459. The summed E-state index contributed by atoms with van der Waals surface area (Å²) in [6.45, 7) is 5.02. The van der Waals surface area contributed by atoms with E-state index in [1.807, 2.05) is 43.4 Å². The van der Waals surface area contributed by atoms with Gasteiger partial charge < -0.3 is 4.90 Å². The number of aliphatic imine (C=N–C) groups is 1. The lowest BCUT2D eigenvalue weighted by molar-refractivity contribution is 0.0855. The smallest absolute Gasteiger partial charge is 0.165 e. The van der Waals surface area contributed by atoms with Crippen LogP contribution in [0.2, 0.25) is 0 Å². The molecule has 1 aliphatic rings. The highest BCUT2D eigenvalue weighted by molar-refractivity contribution is 5.98. The highest BCUT2D eigenvalue weighted by Gasteiger charge is 2.26. The highest BCUT2D eigenvalue weighted by Crippen LogP contribution is 2.31. The molecule has 102 valence electrons. The molecule has 0 unspecified atom stereocenters. The summed E-state index contributed by atoms with van der Waals surface area (Å²) in [5, 5.41) is 0. The van der Waals surface area contributed by atoms with Crippen molar-refractivity contribution in [2.45, 2.75) is 33.1 Å². The molecule has 0 atom stereocenters. The minimum atomic E-state index is 0.264. The van der Waals surface area contributed by atoms with E-state index in [2.05, 4.69) is 11.9 Å². The first-order valence-corrected chi connectivity index (χ1v) is 7.01. The number of carbonyl (C=O) groups is 1. The fourth-order valence-corrected chi connectivity index (χ4v) is 2.10. The standard InChI is InChI=1S/C16H22N2O/c1-4-18(3)11-17-15-9-8-14(10-12(15)2)16(19)13-6-5-7-13/h8-11,13H,4-7H2,1-3H3/b17-11+. The van der Waals surface area contributed by atoms with Crippen molar-refractivity contribution >= 4 is 17.8 Å². The van der Waals surface area contributed by atoms with Crippen LogP contribution in [0.3, 0.4) is 0 Å². The molecule has 0 radical (unpaired) electrons. The van der Waals surface area contributed by atoms with Gasteiger partial charge in [-0.3, -0.25) is 4.79 Å². The molecule has 3 nitrogen and oxygen atoms in total. The maximum absolute atomic E-state index is 12.2. The molecule has 0 aromatic heterocycles. The Hall–Kier alpha value is -1.64. The Labute approximate surface area is 115 Å². The van der Waals surface area contributed by atoms with Crippen molar-refractivity contribution in [3.8, 4) is 0 Å². The van der Waals surface area contributed by atoms with Gasteiger partial charge in [0.2, 0.25) is 0 Å². The van der Waals surface area contributed by atoms with Crippen molar-refractivity contribution in [1.82, 2.24) is 4.90 Å². The van der Waals surface area contributed by atoms with E-state index in [4.69, 9.17) is 0 Å². The van der Waals surface area contributed by atoms with Crippen LogP contribution in [0.25, 0.3) is 0 Å². The molecule has 0 heterocycles. The Kier molecular flexibility index (Phi) is 4.35. The number of rotatable bonds is 5. The molecule has 1 fully saturated rings. The SMILES string of the molecule is CCN(C)/C=N/c1ccc(C(=O)C2CCC2)cc1C. The van der Waals surface area contributed by atoms with Crippen molar-refractivity contribution in [1.29, 1.82) is 0 Å². The van der Waals surface area contributed by atoms with Crippen LogP contribution in [0, 0.1) is 12.8 Å². The molecule has 1 aromatic rings. The van der Waals surface area contributed by atoms with Gasteiger partial charge in [-0.1, -0.05) is 6.42 Å². The summed E-state index contributed by atoms with van der Waals surface area (Å²) < 4.78 is 0. The van der Waals surface area contributed by atoms with Crippen LogP contribution >= 0.6 is 0 Å². The lowest BCUT2D eigenvalue weighted by Crippen LogP contribution is -2.21. The number of ketones is 1. The van der Waals surface area contributed by atoms with Crippen LogP contribution in [0.4, 0.5) is 5.69 Å². The van der Waals surface area contributed by atoms with Gasteiger partial charge in [-0.05, 0) is 50.5 Å². The molecule has 0 N–H and O–H groups in total. The fraction of sp³-hybridized carbons (Fsp3) is 0.500. The first-order valence-electron chi connectivity index (χ1n) is 7.01. The van der Waals surface area contributed by atoms with E-state index in [0.717, 1.165) is 36.2 Å². The van der Waals surface area contributed by atoms with Gasteiger partial charge >= 0.3 is 0 Å². The molecule has 1 aliphatic carbocycles. The van der Waals surface area contributed by atoms with Gasteiger partial charge in [0.1, 0.15) is 0 Å². The van der Waals surface area contributed by atoms with E-state index in [9.17, 15) is 4.79 Å². The van der Waals surface area contributed by atoms with Gasteiger partial charge in [-0.2, -0.15) is 0 Å². The Bertz CT molecular complexity index is 490. The van der Waals surface area contributed by atoms with Gasteiger partial charge in [0, 0.05) is 25.1 Å². The fourth-order valence-electron chi connectivity index (χ4n) is 2.10. The van der Waals surface area contributed by atoms with Crippen LogP contribution in [-0.2, 0) is 0 Å². The van der Waals surface area contributed by atoms with Crippen LogP contribution in [0.1, 0.15) is 42.1 Å².